The quantitative estimate of drug-likeness (QED) is 0.411. The average molecular weight is 476 g/mol. The second-order valence-electron chi connectivity index (χ2n) is 9.08. The largest absolute Gasteiger partial charge is 0.497 e. The number of ether oxygens (including phenoxy) is 1. The first-order valence-electron chi connectivity index (χ1n) is 12.1. The first kappa shape index (κ1) is 21.5. The molecule has 0 amide bonds. The zero-order valence-corrected chi connectivity index (χ0v) is 20.2. The molecule has 176 valence electrons. The van der Waals surface area contributed by atoms with Crippen molar-refractivity contribution in [1.29, 1.82) is 0 Å². The number of methoxy groups -OCH3 is 1. The van der Waals surface area contributed by atoms with Crippen molar-refractivity contribution in [1.82, 2.24) is 30.1 Å². The minimum Gasteiger partial charge on any atom is -0.497 e. The second-order valence-corrected chi connectivity index (χ2v) is 10.1. The van der Waals surface area contributed by atoms with Gasteiger partial charge in [0.15, 0.2) is 11.0 Å². The molecule has 4 aromatic rings. The topological polar surface area (TPSA) is 72.2 Å². The van der Waals surface area contributed by atoms with E-state index < -0.39 is 0 Å². The van der Waals surface area contributed by atoms with Gasteiger partial charge in [-0.1, -0.05) is 48.4 Å². The summed E-state index contributed by atoms with van der Waals surface area (Å²) in [5.74, 6) is 1.81. The average Bonchev–Trinajstić information content (AvgIpc) is 3.65. The van der Waals surface area contributed by atoms with Gasteiger partial charge in [0.05, 0.1) is 29.4 Å². The minimum atomic E-state index is 0.0130. The number of benzene rings is 2. The van der Waals surface area contributed by atoms with Gasteiger partial charge >= 0.3 is 0 Å². The molecule has 0 bridgehead atoms. The van der Waals surface area contributed by atoms with Crippen molar-refractivity contribution in [3.63, 3.8) is 0 Å². The molecule has 8 nitrogen and oxygen atoms in total. The van der Waals surface area contributed by atoms with E-state index >= 15 is 0 Å². The third kappa shape index (κ3) is 4.03. The van der Waals surface area contributed by atoms with Gasteiger partial charge in [-0.05, 0) is 53.1 Å². The van der Waals surface area contributed by atoms with E-state index in [9.17, 15) is 0 Å². The van der Waals surface area contributed by atoms with E-state index in [0.717, 1.165) is 61.2 Å². The Labute approximate surface area is 203 Å². The van der Waals surface area contributed by atoms with Gasteiger partial charge < -0.3 is 9.64 Å². The van der Waals surface area contributed by atoms with E-state index in [1.807, 2.05) is 12.1 Å². The first-order valence-corrected chi connectivity index (χ1v) is 12.9. The van der Waals surface area contributed by atoms with E-state index in [1.165, 1.54) is 23.1 Å². The highest BCUT2D eigenvalue weighted by Gasteiger charge is 2.33. The van der Waals surface area contributed by atoms with Crippen LogP contribution in [0, 0.1) is 0 Å². The highest BCUT2D eigenvalue weighted by Crippen LogP contribution is 2.36. The number of nitrogens with zero attached hydrogens (tertiary/aromatic N) is 7. The molecular weight excluding hydrogens is 446 g/mol. The number of fused-ring (bicyclic) bond motifs is 1. The van der Waals surface area contributed by atoms with Crippen LogP contribution in [0.2, 0.25) is 0 Å². The van der Waals surface area contributed by atoms with Crippen molar-refractivity contribution in [2.45, 2.75) is 37.8 Å². The molecule has 3 heterocycles. The molecule has 2 aromatic heterocycles. The van der Waals surface area contributed by atoms with Gasteiger partial charge in [-0.15, -0.1) is 5.10 Å². The summed E-state index contributed by atoms with van der Waals surface area (Å²) in [6, 6.07) is 17.1. The number of piperazine rings is 1. The zero-order chi connectivity index (χ0) is 22.9. The molecule has 2 aliphatic rings. The molecule has 1 saturated carbocycles. The van der Waals surface area contributed by atoms with Crippen molar-refractivity contribution in [2.75, 3.05) is 38.2 Å². The van der Waals surface area contributed by atoms with Crippen LogP contribution in [0.1, 0.15) is 49.2 Å². The summed E-state index contributed by atoms with van der Waals surface area (Å²) >= 11 is 1.78. The fourth-order valence-corrected chi connectivity index (χ4v) is 6.28. The molecule has 2 aromatic carbocycles. The molecule has 0 spiro atoms. The van der Waals surface area contributed by atoms with Gasteiger partial charge in [-0.25, -0.2) is 9.67 Å². The van der Waals surface area contributed by atoms with Crippen molar-refractivity contribution in [2.24, 2.45) is 0 Å². The van der Waals surface area contributed by atoms with Crippen LogP contribution in [0.4, 0.5) is 5.13 Å². The summed E-state index contributed by atoms with van der Waals surface area (Å²) in [6.45, 7) is 3.70. The highest BCUT2D eigenvalue weighted by molar-refractivity contribution is 7.22. The summed E-state index contributed by atoms with van der Waals surface area (Å²) in [6.07, 6.45) is 4.80. The molecule has 0 N–H and O–H groups in total. The third-order valence-electron chi connectivity index (χ3n) is 7.10. The Morgan fingerprint density at radius 3 is 2.47 bits per heavy atom. The Balaban J connectivity index is 1.28. The molecular formula is C25H29N7OS. The lowest BCUT2D eigenvalue weighted by atomic mass is 10.0. The van der Waals surface area contributed by atoms with Gasteiger partial charge in [0, 0.05) is 26.2 Å². The van der Waals surface area contributed by atoms with E-state index in [-0.39, 0.29) is 6.04 Å². The van der Waals surface area contributed by atoms with E-state index in [4.69, 9.17) is 9.72 Å². The number of hydrogen-bond acceptors (Lipinski definition) is 8. The smallest absolute Gasteiger partial charge is 0.186 e. The molecule has 1 aliphatic heterocycles. The number of rotatable bonds is 6. The van der Waals surface area contributed by atoms with Crippen LogP contribution in [-0.4, -0.2) is 63.4 Å². The molecule has 1 aliphatic carbocycles. The fraction of sp³-hybridized carbons (Fsp3) is 0.440. The lowest BCUT2D eigenvalue weighted by molar-refractivity contribution is 0.197. The van der Waals surface area contributed by atoms with E-state index in [0.29, 0.717) is 6.04 Å². The summed E-state index contributed by atoms with van der Waals surface area (Å²) in [5, 5.41) is 14.2. The zero-order valence-electron chi connectivity index (χ0n) is 19.4. The summed E-state index contributed by atoms with van der Waals surface area (Å²) in [7, 11) is 1.70. The lowest BCUT2D eigenvalue weighted by Gasteiger charge is -2.39. The normalized spacial score (nSPS) is 18.6. The number of anilines is 1. The fourth-order valence-electron chi connectivity index (χ4n) is 5.27. The predicted molar refractivity (Wildman–Crippen MR) is 134 cm³/mol. The molecule has 34 heavy (non-hydrogen) atoms. The van der Waals surface area contributed by atoms with Crippen molar-refractivity contribution >= 4 is 26.7 Å². The van der Waals surface area contributed by atoms with Crippen molar-refractivity contribution in [3.8, 4) is 5.75 Å². The first-order chi connectivity index (χ1) is 16.8. The van der Waals surface area contributed by atoms with Crippen LogP contribution < -0.4 is 9.64 Å². The third-order valence-corrected chi connectivity index (χ3v) is 8.19. The second kappa shape index (κ2) is 9.31. The summed E-state index contributed by atoms with van der Waals surface area (Å²) < 4.78 is 8.75. The Hall–Kier alpha value is -3.04. The van der Waals surface area contributed by atoms with Gasteiger partial charge in [0.2, 0.25) is 0 Å². The Morgan fingerprint density at radius 2 is 1.74 bits per heavy atom. The maximum atomic E-state index is 5.41. The molecule has 0 radical (unpaired) electrons. The van der Waals surface area contributed by atoms with Crippen LogP contribution in [0.15, 0.2) is 48.5 Å². The van der Waals surface area contributed by atoms with Gasteiger partial charge in [0.1, 0.15) is 5.75 Å². The molecule has 6 rings (SSSR count). The number of thiazole rings is 1. The SMILES string of the molecule is COc1ccc(C(c2nnnn2C2CCCC2)N2CCN(c3nc4ccccc4s3)CC2)cc1. The van der Waals surface area contributed by atoms with Crippen LogP contribution >= 0.6 is 11.3 Å². The van der Waals surface area contributed by atoms with Gasteiger partial charge in [-0.2, -0.15) is 0 Å². The van der Waals surface area contributed by atoms with E-state index in [1.54, 1.807) is 18.4 Å². The predicted octanol–water partition coefficient (Wildman–Crippen LogP) is 4.32. The van der Waals surface area contributed by atoms with Crippen molar-refractivity contribution in [3.05, 3.63) is 59.9 Å². The molecule has 1 saturated heterocycles. The van der Waals surface area contributed by atoms with Gasteiger partial charge in [0.25, 0.3) is 0 Å². The molecule has 9 heteroatoms. The number of aromatic nitrogens is 5. The number of hydrogen-bond donors (Lipinski definition) is 0. The Morgan fingerprint density at radius 1 is 0.971 bits per heavy atom. The van der Waals surface area contributed by atoms with Crippen LogP contribution in [0.3, 0.4) is 0 Å². The van der Waals surface area contributed by atoms with Gasteiger partial charge in [-0.3, -0.25) is 4.90 Å². The lowest BCUT2D eigenvalue weighted by Crippen LogP contribution is -2.48. The Kier molecular flexibility index (Phi) is 5.88. The highest BCUT2D eigenvalue weighted by atomic mass is 32.1. The molecule has 2 fully saturated rings. The Bertz CT molecular complexity index is 1210. The van der Waals surface area contributed by atoms with Crippen LogP contribution in [0.25, 0.3) is 10.2 Å². The standard InChI is InChI=1S/C25H29N7OS/c1-33-20-12-10-18(11-13-20)23(24-27-28-29-32(24)19-6-2-3-7-19)30-14-16-31(17-15-30)25-26-21-8-4-5-9-22(21)34-25/h4-5,8-13,19,23H,2-3,6-7,14-17H2,1H3. The number of para-hydroxylation sites is 1. The molecule has 1 atom stereocenters. The van der Waals surface area contributed by atoms with Crippen LogP contribution in [-0.2, 0) is 0 Å². The summed E-state index contributed by atoms with van der Waals surface area (Å²) in [5.41, 5.74) is 2.28. The maximum Gasteiger partial charge on any atom is 0.186 e. The van der Waals surface area contributed by atoms with Crippen LogP contribution in [0.5, 0.6) is 5.75 Å². The van der Waals surface area contributed by atoms with E-state index in [2.05, 4.69) is 66.4 Å². The monoisotopic (exact) mass is 475 g/mol. The minimum absolute atomic E-state index is 0.0130. The number of tetrazole rings is 1. The maximum absolute atomic E-state index is 5.41. The van der Waals surface area contributed by atoms with Crippen molar-refractivity contribution < 1.29 is 4.74 Å². The summed E-state index contributed by atoms with van der Waals surface area (Å²) in [4.78, 5) is 9.80. The molecule has 1 unspecified atom stereocenters.